The third-order valence-corrected chi connectivity index (χ3v) is 6.19. The van der Waals surface area contributed by atoms with Crippen molar-refractivity contribution in [1.82, 2.24) is 9.88 Å². The third kappa shape index (κ3) is 4.22. The van der Waals surface area contributed by atoms with Crippen molar-refractivity contribution < 1.29 is 14.4 Å². The number of hydrogen-bond donors (Lipinski definition) is 1. The van der Waals surface area contributed by atoms with Gasteiger partial charge in [0.2, 0.25) is 0 Å². The zero-order chi connectivity index (χ0) is 25.1. The van der Waals surface area contributed by atoms with Gasteiger partial charge in [0.25, 0.3) is 11.8 Å². The molecule has 0 saturated carbocycles. The van der Waals surface area contributed by atoms with E-state index in [9.17, 15) is 14.4 Å². The van der Waals surface area contributed by atoms with Gasteiger partial charge in [0, 0.05) is 30.4 Å². The van der Waals surface area contributed by atoms with Crippen LogP contribution >= 0.6 is 0 Å². The highest BCUT2D eigenvalue weighted by atomic mass is 16.2. The summed E-state index contributed by atoms with van der Waals surface area (Å²) in [5, 5.41) is 0. The van der Waals surface area contributed by atoms with Gasteiger partial charge in [0.1, 0.15) is 0 Å². The Kier molecular flexibility index (Phi) is 6.28. The van der Waals surface area contributed by atoms with Crippen LogP contribution < -0.4 is 10.6 Å². The summed E-state index contributed by atoms with van der Waals surface area (Å²) in [6.45, 7) is 0.609. The standard InChI is InChI=1S/C29H24N4O3/c30-24-15-8-17-31-27(24)32(18-9-19-33-28(35)21-12-4-5-13-22(21)29(33)36)25-16-7-6-14-23(25)26(34)20-10-2-1-3-11-20/h1-8,10-17H,9,18-19,30H2. The van der Waals surface area contributed by atoms with E-state index in [-0.39, 0.29) is 24.1 Å². The summed E-state index contributed by atoms with van der Waals surface area (Å²) in [6, 6.07) is 26.7. The highest BCUT2D eigenvalue weighted by Gasteiger charge is 2.34. The molecule has 2 amide bonds. The Morgan fingerprint density at radius 1 is 0.806 bits per heavy atom. The number of nitrogens with two attached hydrogens (primary N) is 1. The van der Waals surface area contributed by atoms with Crippen LogP contribution in [0, 0.1) is 0 Å². The molecule has 0 fully saturated rings. The van der Waals surface area contributed by atoms with Crippen molar-refractivity contribution in [2.24, 2.45) is 0 Å². The highest BCUT2D eigenvalue weighted by Crippen LogP contribution is 2.32. The summed E-state index contributed by atoms with van der Waals surface area (Å²) < 4.78 is 0. The first-order valence-electron chi connectivity index (χ1n) is 11.7. The summed E-state index contributed by atoms with van der Waals surface area (Å²) in [6.07, 6.45) is 2.10. The lowest BCUT2D eigenvalue weighted by atomic mass is 10.0. The Balaban J connectivity index is 1.44. The summed E-state index contributed by atoms with van der Waals surface area (Å²) in [7, 11) is 0. The number of aromatic nitrogens is 1. The Hall–Kier alpha value is -4.78. The number of fused-ring (bicyclic) bond motifs is 1. The predicted molar refractivity (Wildman–Crippen MR) is 138 cm³/mol. The smallest absolute Gasteiger partial charge is 0.261 e. The molecule has 36 heavy (non-hydrogen) atoms. The number of imide groups is 1. The van der Waals surface area contributed by atoms with Gasteiger partial charge in [-0.2, -0.15) is 0 Å². The summed E-state index contributed by atoms with van der Waals surface area (Å²) >= 11 is 0. The predicted octanol–water partition coefficient (Wildman–Crippen LogP) is 4.72. The number of hydrogen-bond acceptors (Lipinski definition) is 6. The number of nitrogens with zero attached hydrogens (tertiary/aromatic N) is 3. The van der Waals surface area contributed by atoms with Gasteiger partial charge >= 0.3 is 0 Å². The van der Waals surface area contributed by atoms with Gasteiger partial charge in [0.15, 0.2) is 11.6 Å². The van der Waals surface area contributed by atoms with Crippen LogP contribution in [0.25, 0.3) is 0 Å². The molecule has 3 aromatic carbocycles. The second-order valence-electron chi connectivity index (χ2n) is 8.44. The van der Waals surface area contributed by atoms with E-state index >= 15 is 0 Å². The lowest BCUT2D eigenvalue weighted by Crippen LogP contribution is -2.33. The molecule has 2 heterocycles. The maximum absolute atomic E-state index is 13.4. The van der Waals surface area contributed by atoms with Gasteiger partial charge in [-0.25, -0.2) is 4.98 Å². The number of amides is 2. The largest absolute Gasteiger partial charge is 0.396 e. The third-order valence-electron chi connectivity index (χ3n) is 6.19. The zero-order valence-corrected chi connectivity index (χ0v) is 19.5. The molecule has 0 atom stereocenters. The van der Waals surface area contributed by atoms with Crippen LogP contribution in [0.3, 0.4) is 0 Å². The second kappa shape index (κ2) is 9.84. The van der Waals surface area contributed by atoms with Crippen LogP contribution in [0.2, 0.25) is 0 Å². The molecule has 2 N–H and O–H groups in total. The molecule has 1 aliphatic heterocycles. The van der Waals surface area contributed by atoms with Crippen molar-refractivity contribution >= 4 is 34.8 Å². The summed E-state index contributed by atoms with van der Waals surface area (Å²) in [5.74, 6) is -0.197. The number of anilines is 3. The van der Waals surface area contributed by atoms with Gasteiger partial charge in [-0.05, 0) is 42.8 Å². The van der Waals surface area contributed by atoms with Crippen molar-refractivity contribution in [1.29, 1.82) is 0 Å². The number of ketones is 1. The number of carbonyl (C=O) groups excluding carboxylic acids is 3. The minimum absolute atomic E-state index is 0.119. The number of rotatable bonds is 8. The van der Waals surface area contributed by atoms with E-state index in [0.29, 0.717) is 52.4 Å². The molecule has 0 aliphatic carbocycles. The van der Waals surface area contributed by atoms with Crippen molar-refractivity contribution in [2.75, 3.05) is 23.7 Å². The molecule has 1 aromatic heterocycles. The molecular formula is C29H24N4O3. The molecule has 0 radical (unpaired) electrons. The quantitative estimate of drug-likeness (QED) is 0.292. The Morgan fingerprint density at radius 2 is 1.44 bits per heavy atom. The van der Waals surface area contributed by atoms with Crippen molar-refractivity contribution in [3.8, 4) is 0 Å². The topological polar surface area (TPSA) is 96.6 Å². The Labute approximate surface area is 208 Å². The normalized spacial score (nSPS) is 12.5. The fraction of sp³-hybridized carbons (Fsp3) is 0.103. The SMILES string of the molecule is Nc1cccnc1N(CCCN1C(=O)c2ccccc2C1=O)c1ccccc1C(=O)c1ccccc1. The maximum Gasteiger partial charge on any atom is 0.261 e. The number of carbonyl (C=O) groups is 3. The molecule has 5 rings (SSSR count). The van der Waals surface area contributed by atoms with Crippen LogP contribution in [0.15, 0.2) is 97.2 Å². The molecule has 0 unspecified atom stereocenters. The number of benzene rings is 3. The first-order chi connectivity index (χ1) is 17.6. The fourth-order valence-corrected chi connectivity index (χ4v) is 4.45. The first kappa shape index (κ1) is 23.0. The molecular weight excluding hydrogens is 452 g/mol. The van der Waals surface area contributed by atoms with Gasteiger partial charge in [-0.15, -0.1) is 0 Å². The van der Waals surface area contributed by atoms with Crippen molar-refractivity contribution in [3.63, 3.8) is 0 Å². The van der Waals surface area contributed by atoms with Gasteiger partial charge in [-0.1, -0.05) is 54.6 Å². The monoisotopic (exact) mass is 476 g/mol. The molecule has 1 aliphatic rings. The summed E-state index contributed by atoms with van der Waals surface area (Å²) in [5.41, 5.74) is 9.32. The Bertz CT molecular complexity index is 1420. The second-order valence-corrected chi connectivity index (χ2v) is 8.44. The van der Waals surface area contributed by atoms with E-state index in [2.05, 4.69) is 4.98 Å². The number of pyridine rings is 1. The van der Waals surface area contributed by atoms with E-state index in [1.165, 1.54) is 4.90 Å². The first-order valence-corrected chi connectivity index (χ1v) is 11.7. The van der Waals surface area contributed by atoms with Gasteiger partial charge < -0.3 is 10.6 Å². The molecule has 4 aromatic rings. The van der Waals surface area contributed by atoms with E-state index in [0.717, 1.165) is 0 Å². The summed E-state index contributed by atoms with van der Waals surface area (Å²) in [4.78, 5) is 46.6. The number of nitrogen functional groups attached to an aromatic ring is 1. The van der Waals surface area contributed by atoms with E-state index in [1.807, 2.05) is 41.3 Å². The molecule has 0 saturated heterocycles. The van der Waals surface area contributed by atoms with Gasteiger partial charge in [0.05, 0.1) is 22.5 Å². The van der Waals surface area contributed by atoms with Crippen molar-refractivity contribution in [2.45, 2.75) is 6.42 Å². The Morgan fingerprint density at radius 3 is 2.14 bits per heavy atom. The van der Waals surface area contributed by atoms with E-state index in [1.54, 1.807) is 60.8 Å². The lowest BCUT2D eigenvalue weighted by Gasteiger charge is -2.27. The molecule has 7 nitrogen and oxygen atoms in total. The van der Waals surface area contributed by atoms with E-state index in [4.69, 9.17) is 5.73 Å². The molecule has 7 heteroatoms. The highest BCUT2D eigenvalue weighted by molar-refractivity contribution is 6.21. The zero-order valence-electron chi connectivity index (χ0n) is 19.5. The van der Waals surface area contributed by atoms with Crippen LogP contribution in [-0.4, -0.2) is 40.6 Å². The van der Waals surface area contributed by atoms with Crippen LogP contribution in [0.5, 0.6) is 0 Å². The van der Waals surface area contributed by atoms with Crippen molar-refractivity contribution in [3.05, 3.63) is 119 Å². The van der Waals surface area contributed by atoms with E-state index < -0.39 is 0 Å². The van der Waals surface area contributed by atoms with Crippen LogP contribution in [-0.2, 0) is 0 Å². The van der Waals surface area contributed by atoms with Gasteiger partial charge in [-0.3, -0.25) is 19.3 Å². The number of para-hydroxylation sites is 1. The maximum atomic E-state index is 13.4. The average molecular weight is 477 g/mol. The average Bonchev–Trinajstić information content (AvgIpc) is 3.17. The molecule has 0 bridgehead atoms. The minimum atomic E-state index is -0.292. The molecule has 0 spiro atoms. The fourth-order valence-electron chi connectivity index (χ4n) is 4.45. The molecule has 178 valence electrons. The lowest BCUT2D eigenvalue weighted by molar-refractivity contribution is 0.0653. The van der Waals surface area contributed by atoms with Crippen LogP contribution in [0.1, 0.15) is 43.1 Å². The minimum Gasteiger partial charge on any atom is -0.396 e. The van der Waals surface area contributed by atoms with Crippen LogP contribution in [0.4, 0.5) is 17.2 Å².